The molecule has 0 amide bonds. The summed E-state index contributed by atoms with van der Waals surface area (Å²) in [6.07, 6.45) is 5.15. The summed E-state index contributed by atoms with van der Waals surface area (Å²) in [5.41, 5.74) is 7.26. The van der Waals surface area contributed by atoms with E-state index in [0.29, 0.717) is 10.7 Å². The number of halogens is 1. The van der Waals surface area contributed by atoms with Gasteiger partial charge in [-0.15, -0.1) is 5.10 Å². The lowest BCUT2D eigenvalue weighted by Gasteiger charge is -2.05. The minimum absolute atomic E-state index is 0.548. The van der Waals surface area contributed by atoms with Crippen LogP contribution in [0.25, 0.3) is 11.4 Å². The van der Waals surface area contributed by atoms with E-state index < -0.39 is 0 Å². The second kappa shape index (κ2) is 5.17. The van der Waals surface area contributed by atoms with E-state index in [0.717, 1.165) is 30.3 Å². The number of rotatable bonds is 5. The monoisotopic (exact) mass is 277 g/mol. The number of aromatic nitrogens is 4. The molecule has 19 heavy (non-hydrogen) atoms. The van der Waals surface area contributed by atoms with E-state index in [2.05, 4.69) is 15.5 Å². The highest BCUT2D eigenvalue weighted by molar-refractivity contribution is 6.33. The van der Waals surface area contributed by atoms with Crippen LogP contribution >= 0.6 is 11.6 Å². The Balaban J connectivity index is 1.75. The van der Waals surface area contributed by atoms with Crippen LogP contribution in [0.3, 0.4) is 0 Å². The Bertz CT molecular complexity index is 576. The molecule has 1 aliphatic carbocycles. The topological polar surface area (TPSA) is 69.6 Å². The minimum atomic E-state index is 0.548. The molecule has 2 N–H and O–H groups in total. The van der Waals surface area contributed by atoms with Crippen molar-refractivity contribution in [3.05, 3.63) is 23.2 Å². The summed E-state index contributed by atoms with van der Waals surface area (Å²) in [4.78, 5) is 0. The number of benzene rings is 1. The molecule has 3 rings (SSSR count). The van der Waals surface area contributed by atoms with Gasteiger partial charge in [0.05, 0.1) is 10.7 Å². The number of hydrogen-bond donors (Lipinski definition) is 1. The van der Waals surface area contributed by atoms with Crippen molar-refractivity contribution < 1.29 is 0 Å². The fourth-order valence-electron chi connectivity index (χ4n) is 2.18. The Labute approximate surface area is 116 Å². The molecule has 6 heteroatoms. The number of anilines is 1. The second-order valence-electron chi connectivity index (χ2n) is 5.05. The van der Waals surface area contributed by atoms with Crippen molar-refractivity contribution in [2.45, 2.75) is 32.2 Å². The zero-order valence-corrected chi connectivity index (χ0v) is 11.3. The number of nitrogen functional groups attached to an aromatic ring is 1. The Hall–Kier alpha value is -1.62. The first-order valence-electron chi connectivity index (χ1n) is 6.55. The van der Waals surface area contributed by atoms with E-state index in [-0.39, 0.29) is 0 Å². The molecule has 0 unspecified atom stereocenters. The van der Waals surface area contributed by atoms with Crippen LogP contribution in [0.4, 0.5) is 5.69 Å². The predicted molar refractivity (Wildman–Crippen MR) is 74.6 cm³/mol. The summed E-state index contributed by atoms with van der Waals surface area (Å²) in [5, 5.41) is 12.4. The Kier molecular flexibility index (Phi) is 3.38. The van der Waals surface area contributed by atoms with Crippen LogP contribution in [-0.4, -0.2) is 20.2 Å². The molecular formula is C13H16ClN5. The summed E-state index contributed by atoms with van der Waals surface area (Å²) in [5.74, 6) is 1.69. The maximum absolute atomic E-state index is 5.92. The third-order valence-corrected chi connectivity index (χ3v) is 3.81. The van der Waals surface area contributed by atoms with E-state index in [4.69, 9.17) is 17.3 Å². The lowest BCUT2D eigenvalue weighted by atomic mass is 10.2. The third-order valence-electron chi connectivity index (χ3n) is 3.47. The molecule has 1 fully saturated rings. The molecule has 1 aromatic heterocycles. The first kappa shape index (κ1) is 12.4. The number of aryl methyl sites for hydroxylation is 1. The average molecular weight is 278 g/mol. The number of nitrogens with zero attached hydrogens (tertiary/aromatic N) is 4. The van der Waals surface area contributed by atoms with E-state index >= 15 is 0 Å². The van der Waals surface area contributed by atoms with Crippen molar-refractivity contribution in [3.8, 4) is 11.4 Å². The Morgan fingerprint density at radius 2 is 2.21 bits per heavy atom. The third kappa shape index (κ3) is 2.87. The van der Waals surface area contributed by atoms with Gasteiger partial charge in [0.25, 0.3) is 0 Å². The molecule has 1 aromatic carbocycles. The summed E-state index contributed by atoms with van der Waals surface area (Å²) >= 11 is 5.92. The van der Waals surface area contributed by atoms with Crippen LogP contribution in [0.15, 0.2) is 18.2 Å². The van der Waals surface area contributed by atoms with Crippen molar-refractivity contribution in [3.63, 3.8) is 0 Å². The summed E-state index contributed by atoms with van der Waals surface area (Å²) < 4.78 is 1.84. The van der Waals surface area contributed by atoms with Gasteiger partial charge in [0.1, 0.15) is 0 Å². The molecule has 0 radical (unpaired) electrons. The van der Waals surface area contributed by atoms with Crippen LogP contribution in [0.2, 0.25) is 5.02 Å². The molecule has 0 saturated heterocycles. The first-order valence-corrected chi connectivity index (χ1v) is 6.93. The largest absolute Gasteiger partial charge is 0.398 e. The highest BCUT2D eigenvalue weighted by atomic mass is 35.5. The van der Waals surface area contributed by atoms with Gasteiger partial charge in [0.15, 0.2) is 5.82 Å². The molecule has 0 atom stereocenters. The predicted octanol–water partition coefficient (Wildman–Crippen LogP) is 2.77. The normalized spacial score (nSPS) is 14.8. The van der Waals surface area contributed by atoms with Gasteiger partial charge in [-0.05, 0) is 47.4 Å². The number of nitrogens with two attached hydrogens (primary N) is 1. The molecule has 1 saturated carbocycles. The van der Waals surface area contributed by atoms with Gasteiger partial charge in [-0.2, -0.15) is 0 Å². The molecule has 100 valence electrons. The minimum Gasteiger partial charge on any atom is -0.398 e. The van der Waals surface area contributed by atoms with Gasteiger partial charge < -0.3 is 5.73 Å². The van der Waals surface area contributed by atoms with Crippen LogP contribution < -0.4 is 5.73 Å². The SMILES string of the molecule is Nc1cc(-c2nnnn2CCCC2CC2)ccc1Cl. The van der Waals surface area contributed by atoms with Crippen molar-refractivity contribution in [2.24, 2.45) is 5.92 Å². The molecule has 2 aromatic rings. The molecular weight excluding hydrogens is 262 g/mol. The lowest BCUT2D eigenvalue weighted by molar-refractivity contribution is 0.527. The smallest absolute Gasteiger partial charge is 0.182 e. The highest BCUT2D eigenvalue weighted by Crippen LogP contribution is 2.33. The first-order chi connectivity index (χ1) is 9.24. The summed E-state index contributed by atoms with van der Waals surface area (Å²) in [6, 6.07) is 5.47. The van der Waals surface area contributed by atoms with Crippen LogP contribution in [0.1, 0.15) is 25.7 Å². The zero-order valence-electron chi connectivity index (χ0n) is 10.6. The summed E-state index contributed by atoms with van der Waals surface area (Å²) in [6.45, 7) is 0.849. The molecule has 0 bridgehead atoms. The zero-order chi connectivity index (χ0) is 13.2. The van der Waals surface area contributed by atoms with Gasteiger partial charge in [-0.3, -0.25) is 0 Å². The Morgan fingerprint density at radius 3 is 2.95 bits per heavy atom. The van der Waals surface area contributed by atoms with Crippen molar-refractivity contribution in [2.75, 3.05) is 5.73 Å². The lowest BCUT2D eigenvalue weighted by Crippen LogP contribution is -2.03. The van der Waals surface area contributed by atoms with Crippen LogP contribution in [0, 0.1) is 5.92 Å². The fourth-order valence-corrected chi connectivity index (χ4v) is 2.30. The Morgan fingerprint density at radius 1 is 1.37 bits per heavy atom. The van der Waals surface area contributed by atoms with Gasteiger partial charge in [-0.25, -0.2) is 4.68 Å². The van der Waals surface area contributed by atoms with Crippen molar-refractivity contribution >= 4 is 17.3 Å². The number of tetrazole rings is 1. The van der Waals surface area contributed by atoms with Gasteiger partial charge in [-0.1, -0.05) is 24.4 Å². The molecule has 0 aliphatic heterocycles. The number of hydrogen-bond acceptors (Lipinski definition) is 4. The van der Waals surface area contributed by atoms with Crippen LogP contribution in [-0.2, 0) is 6.54 Å². The van der Waals surface area contributed by atoms with E-state index in [9.17, 15) is 0 Å². The standard InChI is InChI=1S/C13H16ClN5/c14-11-6-5-10(8-12(11)15)13-16-17-18-19(13)7-1-2-9-3-4-9/h5-6,8-9H,1-4,7,15H2. The van der Waals surface area contributed by atoms with E-state index in [1.54, 1.807) is 6.07 Å². The average Bonchev–Trinajstić information content (AvgIpc) is 3.10. The van der Waals surface area contributed by atoms with E-state index in [1.165, 1.54) is 19.3 Å². The van der Waals surface area contributed by atoms with Gasteiger partial charge >= 0.3 is 0 Å². The maximum atomic E-state index is 5.92. The highest BCUT2D eigenvalue weighted by Gasteiger charge is 2.20. The van der Waals surface area contributed by atoms with E-state index in [1.807, 2.05) is 16.8 Å². The molecule has 5 nitrogen and oxygen atoms in total. The van der Waals surface area contributed by atoms with Gasteiger partial charge in [0.2, 0.25) is 0 Å². The molecule has 0 spiro atoms. The fraction of sp³-hybridized carbons (Fsp3) is 0.462. The second-order valence-corrected chi connectivity index (χ2v) is 5.45. The van der Waals surface area contributed by atoms with Crippen molar-refractivity contribution in [1.82, 2.24) is 20.2 Å². The maximum Gasteiger partial charge on any atom is 0.182 e. The quantitative estimate of drug-likeness (QED) is 0.853. The molecule has 1 heterocycles. The van der Waals surface area contributed by atoms with Crippen LogP contribution in [0.5, 0.6) is 0 Å². The van der Waals surface area contributed by atoms with Gasteiger partial charge in [0, 0.05) is 12.1 Å². The summed E-state index contributed by atoms with van der Waals surface area (Å²) in [7, 11) is 0. The molecule has 1 aliphatic rings. The van der Waals surface area contributed by atoms with Crippen molar-refractivity contribution in [1.29, 1.82) is 0 Å².